The van der Waals surface area contributed by atoms with Crippen LogP contribution in [0, 0.1) is 18.3 Å². The van der Waals surface area contributed by atoms with Crippen LogP contribution in [0.1, 0.15) is 26.7 Å². The number of β-amino-alcohol motifs (C(OH)–C–C–N with tert-alkyl or cyclic N) is 1. The molecule has 1 heterocycles. The van der Waals surface area contributed by atoms with Crippen LogP contribution in [0.15, 0.2) is 0 Å². The van der Waals surface area contributed by atoms with Crippen LogP contribution in [0.4, 0.5) is 0 Å². The zero-order valence-corrected chi connectivity index (χ0v) is 8.79. The maximum atomic E-state index is 11.4. The standard InChI is InChI=1S/C11H17NO2/c1-4-5-6-10(13)12-7-11(14,8-12)9(2)3/h1,9,14H,5-8H2,2-3H3. The maximum absolute atomic E-state index is 11.4. The summed E-state index contributed by atoms with van der Waals surface area (Å²) in [4.78, 5) is 13.1. The smallest absolute Gasteiger partial charge is 0.223 e. The summed E-state index contributed by atoms with van der Waals surface area (Å²) in [6.07, 6.45) is 5.94. The first-order valence-corrected chi connectivity index (χ1v) is 4.93. The molecule has 0 bridgehead atoms. The fourth-order valence-corrected chi connectivity index (χ4v) is 1.49. The minimum atomic E-state index is -0.675. The number of likely N-dealkylation sites (tertiary alicyclic amines) is 1. The molecule has 0 spiro atoms. The Morgan fingerprint density at radius 3 is 2.64 bits per heavy atom. The summed E-state index contributed by atoms with van der Waals surface area (Å²) in [6.45, 7) is 4.83. The third kappa shape index (κ3) is 2.08. The number of rotatable bonds is 3. The first kappa shape index (κ1) is 11.1. The van der Waals surface area contributed by atoms with E-state index in [1.165, 1.54) is 0 Å². The lowest BCUT2D eigenvalue weighted by Crippen LogP contribution is -2.65. The van der Waals surface area contributed by atoms with Crippen molar-refractivity contribution in [2.45, 2.75) is 32.3 Å². The van der Waals surface area contributed by atoms with Crippen LogP contribution in [-0.4, -0.2) is 34.6 Å². The van der Waals surface area contributed by atoms with E-state index in [-0.39, 0.29) is 11.8 Å². The molecule has 1 amide bonds. The molecule has 0 aromatic rings. The van der Waals surface area contributed by atoms with Gasteiger partial charge < -0.3 is 10.0 Å². The van der Waals surface area contributed by atoms with E-state index in [0.717, 1.165) is 0 Å². The molecule has 0 unspecified atom stereocenters. The predicted molar refractivity (Wildman–Crippen MR) is 54.4 cm³/mol. The molecule has 14 heavy (non-hydrogen) atoms. The Morgan fingerprint density at radius 2 is 2.21 bits per heavy atom. The van der Waals surface area contributed by atoms with E-state index in [1.807, 2.05) is 13.8 Å². The van der Waals surface area contributed by atoms with Gasteiger partial charge in [0.15, 0.2) is 0 Å². The lowest BCUT2D eigenvalue weighted by Gasteiger charge is -2.49. The number of carbonyl (C=O) groups is 1. The van der Waals surface area contributed by atoms with Gasteiger partial charge in [0.2, 0.25) is 5.91 Å². The van der Waals surface area contributed by atoms with Gasteiger partial charge in [-0.05, 0) is 5.92 Å². The molecule has 1 aliphatic rings. The second-order valence-electron chi connectivity index (χ2n) is 4.21. The quantitative estimate of drug-likeness (QED) is 0.671. The summed E-state index contributed by atoms with van der Waals surface area (Å²) in [7, 11) is 0. The number of nitrogens with zero attached hydrogens (tertiary/aromatic N) is 1. The van der Waals surface area contributed by atoms with Gasteiger partial charge in [0.05, 0.1) is 13.1 Å². The van der Waals surface area contributed by atoms with Crippen LogP contribution < -0.4 is 0 Å². The average molecular weight is 195 g/mol. The van der Waals surface area contributed by atoms with Gasteiger partial charge in [-0.3, -0.25) is 4.79 Å². The van der Waals surface area contributed by atoms with E-state index in [1.54, 1.807) is 4.90 Å². The zero-order chi connectivity index (χ0) is 10.8. The van der Waals surface area contributed by atoms with Crippen molar-refractivity contribution in [3.63, 3.8) is 0 Å². The summed E-state index contributed by atoms with van der Waals surface area (Å²) in [6, 6.07) is 0. The summed E-state index contributed by atoms with van der Waals surface area (Å²) in [5.41, 5.74) is -0.675. The number of amides is 1. The fraction of sp³-hybridized carbons (Fsp3) is 0.727. The Balaban J connectivity index is 2.34. The molecule has 0 aromatic heterocycles. The third-order valence-corrected chi connectivity index (χ3v) is 2.84. The van der Waals surface area contributed by atoms with Gasteiger partial charge in [0.25, 0.3) is 0 Å². The number of carbonyl (C=O) groups excluding carboxylic acids is 1. The van der Waals surface area contributed by atoms with E-state index in [2.05, 4.69) is 5.92 Å². The molecule has 3 heteroatoms. The van der Waals surface area contributed by atoms with E-state index < -0.39 is 5.60 Å². The normalized spacial score (nSPS) is 18.9. The van der Waals surface area contributed by atoms with Crippen LogP contribution in [0.3, 0.4) is 0 Å². The summed E-state index contributed by atoms with van der Waals surface area (Å²) >= 11 is 0. The maximum Gasteiger partial charge on any atom is 0.223 e. The lowest BCUT2D eigenvalue weighted by atomic mass is 9.83. The molecule has 1 rings (SSSR count). The second kappa shape index (κ2) is 4.02. The number of hydrogen-bond donors (Lipinski definition) is 1. The Morgan fingerprint density at radius 1 is 1.64 bits per heavy atom. The largest absolute Gasteiger partial charge is 0.386 e. The van der Waals surface area contributed by atoms with Crippen molar-refractivity contribution in [3.05, 3.63) is 0 Å². The van der Waals surface area contributed by atoms with E-state index in [0.29, 0.717) is 25.9 Å². The van der Waals surface area contributed by atoms with Gasteiger partial charge in [0.1, 0.15) is 5.60 Å². The van der Waals surface area contributed by atoms with Crippen LogP contribution in [0.5, 0.6) is 0 Å². The zero-order valence-electron chi connectivity index (χ0n) is 8.79. The molecule has 1 fully saturated rings. The van der Waals surface area contributed by atoms with Crippen molar-refractivity contribution in [1.82, 2.24) is 4.90 Å². The summed E-state index contributed by atoms with van der Waals surface area (Å²) < 4.78 is 0. The monoisotopic (exact) mass is 195 g/mol. The molecular weight excluding hydrogens is 178 g/mol. The average Bonchev–Trinajstić information content (AvgIpc) is 2.08. The highest BCUT2D eigenvalue weighted by atomic mass is 16.3. The predicted octanol–water partition coefficient (Wildman–Crippen LogP) is 0.629. The third-order valence-electron chi connectivity index (χ3n) is 2.84. The van der Waals surface area contributed by atoms with Crippen molar-refractivity contribution in [2.75, 3.05) is 13.1 Å². The molecule has 1 N–H and O–H groups in total. The summed E-state index contributed by atoms with van der Waals surface area (Å²) in [5, 5.41) is 9.90. The van der Waals surface area contributed by atoms with Gasteiger partial charge >= 0.3 is 0 Å². The topological polar surface area (TPSA) is 40.5 Å². The number of hydrogen-bond acceptors (Lipinski definition) is 2. The van der Waals surface area contributed by atoms with Crippen LogP contribution >= 0.6 is 0 Å². The minimum Gasteiger partial charge on any atom is -0.386 e. The molecule has 78 valence electrons. The minimum absolute atomic E-state index is 0.0493. The van der Waals surface area contributed by atoms with E-state index >= 15 is 0 Å². The molecular formula is C11H17NO2. The Kier molecular flexibility index (Phi) is 3.17. The second-order valence-corrected chi connectivity index (χ2v) is 4.21. The highest BCUT2D eigenvalue weighted by Gasteiger charge is 2.45. The fourth-order valence-electron chi connectivity index (χ4n) is 1.49. The Hall–Kier alpha value is -1.01. The molecule has 0 aliphatic carbocycles. The van der Waals surface area contributed by atoms with Gasteiger partial charge in [0, 0.05) is 12.8 Å². The first-order chi connectivity index (χ1) is 6.49. The first-order valence-electron chi connectivity index (χ1n) is 4.93. The van der Waals surface area contributed by atoms with Crippen LogP contribution in [0.25, 0.3) is 0 Å². The Bertz CT molecular complexity index is 259. The highest BCUT2D eigenvalue weighted by Crippen LogP contribution is 2.28. The molecule has 0 aromatic carbocycles. The van der Waals surface area contributed by atoms with Gasteiger partial charge in [-0.25, -0.2) is 0 Å². The summed E-state index contributed by atoms with van der Waals surface area (Å²) in [5.74, 6) is 2.68. The van der Waals surface area contributed by atoms with Gasteiger partial charge in [-0.1, -0.05) is 13.8 Å². The highest BCUT2D eigenvalue weighted by molar-refractivity contribution is 5.77. The Labute approximate surface area is 85.1 Å². The SMILES string of the molecule is C#CCCC(=O)N1CC(O)(C(C)C)C1. The van der Waals surface area contributed by atoms with E-state index in [9.17, 15) is 9.90 Å². The molecule has 3 nitrogen and oxygen atoms in total. The number of terminal acetylenes is 1. The van der Waals surface area contributed by atoms with Crippen molar-refractivity contribution in [3.8, 4) is 12.3 Å². The molecule has 0 radical (unpaired) electrons. The van der Waals surface area contributed by atoms with Gasteiger partial charge in [-0.15, -0.1) is 12.3 Å². The van der Waals surface area contributed by atoms with E-state index in [4.69, 9.17) is 6.42 Å². The molecule has 0 saturated carbocycles. The molecule has 1 saturated heterocycles. The lowest BCUT2D eigenvalue weighted by molar-refractivity contribution is -0.163. The van der Waals surface area contributed by atoms with Crippen LogP contribution in [0.2, 0.25) is 0 Å². The van der Waals surface area contributed by atoms with Crippen molar-refractivity contribution >= 4 is 5.91 Å². The molecule has 1 aliphatic heterocycles. The van der Waals surface area contributed by atoms with Crippen LogP contribution in [-0.2, 0) is 4.79 Å². The molecule has 0 atom stereocenters. The van der Waals surface area contributed by atoms with Crippen molar-refractivity contribution in [1.29, 1.82) is 0 Å². The van der Waals surface area contributed by atoms with Gasteiger partial charge in [-0.2, -0.15) is 0 Å². The number of aliphatic hydroxyl groups is 1. The van der Waals surface area contributed by atoms with Crippen molar-refractivity contribution in [2.24, 2.45) is 5.92 Å². The van der Waals surface area contributed by atoms with Crippen molar-refractivity contribution < 1.29 is 9.90 Å².